The number of rotatable bonds is 5. The maximum Gasteiger partial charge on any atom is 0.109 e. The van der Waals surface area contributed by atoms with E-state index in [0.717, 1.165) is 19.4 Å². The minimum absolute atomic E-state index is 0.271. The first-order valence-corrected chi connectivity index (χ1v) is 8.58. The summed E-state index contributed by atoms with van der Waals surface area (Å²) in [5.41, 5.74) is -0.271. The topological polar surface area (TPSA) is 42.3 Å². The van der Waals surface area contributed by atoms with Crippen molar-refractivity contribution in [2.45, 2.75) is 64.1 Å². The number of nitrogens with zero attached hydrogens (tertiary/aromatic N) is 3. The van der Waals surface area contributed by atoms with Gasteiger partial charge in [0, 0.05) is 31.7 Å². The van der Waals surface area contributed by atoms with Crippen LogP contribution in [0.1, 0.15) is 46.5 Å². The van der Waals surface area contributed by atoms with Crippen LogP contribution < -0.4 is 5.32 Å². The van der Waals surface area contributed by atoms with Gasteiger partial charge >= 0.3 is 0 Å². The van der Waals surface area contributed by atoms with Crippen LogP contribution in [0.3, 0.4) is 0 Å². The normalized spacial score (nSPS) is 35.2. The zero-order valence-corrected chi connectivity index (χ0v) is 14.2. The van der Waals surface area contributed by atoms with Gasteiger partial charge in [-0.25, -0.2) is 0 Å². The van der Waals surface area contributed by atoms with Crippen molar-refractivity contribution in [3.8, 4) is 6.07 Å². The van der Waals surface area contributed by atoms with E-state index in [1.165, 1.54) is 32.5 Å². The molecule has 1 N–H and O–H groups in total. The maximum absolute atomic E-state index is 9.72. The summed E-state index contributed by atoms with van der Waals surface area (Å²) >= 11 is 0. The molecule has 1 aliphatic heterocycles. The molecule has 0 radical (unpaired) electrons. The van der Waals surface area contributed by atoms with Crippen LogP contribution in [0.5, 0.6) is 0 Å². The molecule has 3 atom stereocenters. The van der Waals surface area contributed by atoms with Crippen LogP contribution >= 0.6 is 0 Å². The predicted molar refractivity (Wildman–Crippen MR) is 87.1 cm³/mol. The Balaban J connectivity index is 1.88. The first-order chi connectivity index (χ1) is 9.97. The molecule has 0 aromatic carbocycles. The Bertz CT molecular complexity index is 375. The van der Waals surface area contributed by atoms with Crippen LogP contribution in [0.2, 0.25) is 0 Å². The van der Waals surface area contributed by atoms with Crippen LogP contribution in [-0.4, -0.2) is 60.6 Å². The number of piperazine rings is 1. The lowest BCUT2D eigenvalue weighted by molar-refractivity contribution is 0.0969. The first-order valence-electron chi connectivity index (χ1n) is 8.58. The van der Waals surface area contributed by atoms with Crippen molar-refractivity contribution in [2.24, 2.45) is 5.92 Å². The summed E-state index contributed by atoms with van der Waals surface area (Å²) in [7, 11) is 2.21. The van der Waals surface area contributed by atoms with E-state index in [4.69, 9.17) is 0 Å². The van der Waals surface area contributed by atoms with Gasteiger partial charge in [-0.2, -0.15) is 5.26 Å². The van der Waals surface area contributed by atoms with Gasteiger partial charge in [0.05, 0.1) is 6.07 Å². The second-order valence-corrected chi connectivity index (χ2v) is 7.39. The molecular weight excluding hydrogens is 260 g/mol. The van der Waals surface area contributed by atoms with Gasteiger partial charge in [-0.1, -0.05) is 6.42 Å². The highest BCUT2D eigenvalue weighted by Gasteiger charge is 2.43. The van der Waals surface area contributed by atoms with Gasteiger partial charge in [0.2, 0.25) is 0 Å². The maximum atomic E-state index is 9.72. The molecule has 1 aliphatic carbocycles. The van der Waals surface area contributed by atoms with Crippen LogP contribution in [0.4, 0.5) is 0 Å². The summed E-state index contributed by atoms with van der Waals surface area (Å²) in [5.74, 6) is 0.514. The Morgan fingerprint density at radius 1 is 1.38 bits per heavy atom. The Kier molecular flexibility index (Phi) is 5.65. The molecule has 0 bridgehead atoms. The standard InChI is InChI=1S/C17H32N4/c1-14(2)19-17(13-18)8-5-6-16(17)7-9-21-11-10-20(4)15(3)12-21/h14-16,19H,5-12H2,1-4H3. The Morgan fingerprint density at radius 2 is 2.14 bits per heavy atom. The van der Waals surface area contributed by atoms with Crippen molar-refractivity contribution in [1.82, 2.24) is 15.1 Å². The van der Waals surface area contributed by atoms with Gasteiger partial charge in [-0.3, -0.25) is 5.32 Å². The van der Waals surface area contributed by atoms with Crippen LogP contribution in [-0.2, 0) is 0 Å². The van der Waals surface area contributed by atoms with E-state index < -0.39 is 0 Å². The second-order valence-electron chi connectivity index (χ2n) is 7.39. The summed E-state index contributed by atoms with van der Waals surface area (Å²) in [4.78, 5) is 5.02. The van der Waals surface area contributed by atoms with Gasteiger partial charge in [-0.15, -0.1) is 0 Å². The minimum Gasteiger partial charge on any atom is -0.301 e. The smallest absolute Gasteiger partial charge is 0.109 e. The average molecular weight is 292 g/mol. The Hall–Kier alpha value is -0.630. The fraction of sp³-hybridized carbons (Fsp3) is 0.941. The van der Waals surface area contributed by atoms with Crippen LogP contribution in [0.15, 0.2) is 0 Å². The molecule has 0 aromatic rings. The molecule has 4 heteroatoms. The predicted octanol–water partition coefficient (Wildman–Crippen LogP) is 2.07. The third kappa shape index (κ3) is 3.97. The molecule has 0 amide bonds. The third-order valence-electron chi connectivity index (χ3n) is 5.40. The van der Waals surface area contributed by atoms with Crippen LogP contribution in [0.25, 0.3) is 0 Å². The van der Waals surface area contributed by atoms with Gasteiger partial charge in [0.25, 0.3) is 0 Å². The van der Waals surface area contributed by atoms with Gasteiger partial charge in [0.1, 0.15) is 5.54 Å². The molecule has 2 fully saturated rings. The number of nitriles is 1. The van der Waals surface area contributed by atoms with Gasteiger partial charge in [0.15, 0.2) is 0 Å². The average Bonchev–Trinajstić information content (AvgIpc) is 2.82. The molecule has 3 unspecified atom stereocenters. The SMILES string of the molecule is CC(C)NC1(C#N)CCCC1CCN1CCN(C)C(C)C1. The Morgan fingerprint density at radius 3 is 2.76 bits per heavy atom. The van der Waals surface area contributed by atoms with Crippen molar-refractivity contribution in [3.63, 3.8) is 0 Å². The number of likely N-dealkylation sites (N-methyl/N-ethyl adjacent to an activating group) is 1. The number of hydrogen-bond acceptors (Lipinski definition) is 4. The summed E-state index contributed by atoms with van der Waals surface area (Å²) in [6.45, 7) is 11.3. The van der Waals surface area contributed by atoms with Crippen molar-refractivity contribution in [2.75, 3.05) is 33.2 Å². The second kappa shape index (κ2) is 7.09. The fourth-order valence-electron chi connectivity index (χ4n) is 4.02. The lowest BCUT2D eigenvalue weighted by Gasteiger charge is -2.39. The van der Waals surface area contributed by atoms with E-state index in [0.29, 0.717) is 18.0 Å². The molecule has 1 heterocycles. The van der Waals surface area contributed by atoms with E-state index in [2.05, 4.69) is 49.0 Å². The third-order valence-corrected chi connectivity index (χ3v) is 5.40. The number of nitrogens with one attached hydrogen (secondary N) is 1. The van der Waals surface area contributed by atoms with E-state index in [1.807, 2.05) is 0 Å². The summed E-state index contributed by atoms with van der Waals surface area (Å²) in [6.07, 6.45) is 4.57. The summed E-state index contributed by atoms with van der Waals surface area (Å²) in [5, 5.41) is 13.3. The van der Waals surface area contributed by atoms with Crippen molar-refractivity contribution < 1.29 is 0 Å². The lowest BCUT2D eigenvalue weighted by atomic mass is 9.85. The van der Waals surface area contributed by atoms with Gasteiger partial charge < -0.3 is 9.80 Å². The molecule has 1 saturated heterocycles. The highest BCUT2D eigenvalue weighted by atomic mass is 15.3. The molecular formula is C17H32N4. The fourth-order valence-corrected chi connectivity index (χ4v) is 4.02. The van der Waals surface area contributed by atoms with E-state index in [9.17, 15) is 5.26 Å². The monoisotopic (exact) mass is 292 g/mol. The zero-order valence-electron chi connectivity index (χ0n) is 14.2. The molecule has 2 aliphatic rings. The molecule has 120 valence electrons. The minimum atomic E-state index is -0.271. The highest BCUT2D eigenvalue weighted by Crippen LogP contribution is 2.38. The van der Waals surface area contributed by atoms with E-state index in [-0.39, 0.29) is 5.54 Å². The van der Waals surface area contributed by atoms with Crippen molar-refractivity contribution in [3.05, 3.63) is 0 Å². The molecule has 1 saturated carbocycles. The largest absolute Gasteiger partial charge is 0.301 e. The number of hydrogen-bond donors (Lipinski definition) is 1. The quantitative estimate of drug-likeness (QED) is 0.842. The van der Waals surface area contributed by atoms with Crippen molar-refractivity contribution in [1.29, 1.82) is 5.26 Å². The molecule has 0 aromatic heterocycles. The Labute approximate surface area is 130 Å². The summed E-state index contributed by atoms with van der Waals surface area (Å²) in [6, 6.07) is 3.66. The van der Waals surface area contributed by atoms with E-state index >= 15 is 0 Å². The molecule has 21 heavy (non-hydrogen) atoms. The van der Waals surface area contributed by atoms with Crippen molar-refractivity contribution >= 4 is 0 Å². The molecule has 2 rings (SSSR count). The highest BCUT2D eigenvalue weighted by molar-refractivity contribution is 5.14. The molecule has 4 nitrogen and oxygen atoms in total. The molecule has 0 spiro atoms. The van der Waals surface area contributed by atoms with Gasteiger partial charge in [-0.05, 0) is 59.5 Å². The zero-order chi connectivity index (χ0) is 15.5. The summed E-state index contributed by atoms with van der Waals surface area (Å²) < 4.78 is 0. The van der Waals surface area contributed by atoms with E-state index in [1.54, 1.807) is 0 Å². The lowest BCUT2D eigenvalue weighted by Crippen LogP contribution is -2.52. The van der Waals surface area contributed by atoms with Crippen LogP contribution in [0, 0.1) is 17.2 Å². The first kappa shape index (κ1) is 16.7.